The minimum atomic E-state index is -0.393. The van der Waals surface area contributed by atoms with Gasteiger partial charge in [-0.05, 0) is 70.6 Å². The quantitative estimate of drug-likeness (QED) is 0.0282. The maximum absolute atomic E-state index is 12.7. The van der Waals surface area contributed by atoms with Crippen LogP contribution in [0.5, 0.6) is 0 Å². The van der Waals surface area contributed by atoms with Crippen LogP contribution in [0.15, 0.2) is 24.3 Å². The predicted octanol–water partition coefficient (Wildman–Crippen LogP) is 13.0. The van der Waals surface area contributed by atoms with Gasteiger partial charge in [0.25, 0.3) is 0 Å². The van der Waals surface area contributed by atoms with Crippen LogP contribution in [0.4, 0.5) is 0 Å². The van der Waals surface area contributed by atoms with E-state index >= 15 is 0 Å². The van der Waals surface area contributed by atoms with Crippen molar-refractivity contribution in [2.75, 3.05) is 33.8 Å². The molecule has 0 aliphatic heterocycles. The molecular weight excluding hydrogens is 606 g/mol. The summed E-state index contributed by atoms with van der Waals surface area (Å²) in [5.41, 5.74) is 0. The number of hydrogen-bond acceptors (Lipinski definition) is 4. The Labute approximate surface area is 306 Å². The molecule has 5 heteroatoms. The molecule has 0 saturated carbocycles. The van der Waals surface area contributed by atoms with Crippen LogP contribution in [-0.4, -0.2) is 56.3 Å². The van der Waals surface area contributed by atoms with Crippen LogP contribution < -0.4 is 0 Å². The molecule has 1 unspecified atom stereocenters. The monoisotopic (exact) mass is 691 g/mol. The number of nitrogens with zero attached hydrogens (tertiary/aromatic N) is 1. The van der Waals surface area contributed by atoms with Gasteiger partial charge in [0.05, 0.1) is 20.6 Å². The first-order valence-electron chi connectivity index (χ1n) is 21.3. The number of carbonyl (C=O) groups is 2. The fourth-order valence-electron chi connectivity index (χ4n) is 6.55. The van der Waals surface area contributed by atoms with Crippen molar-refractivity contribution in [3.8, 4) is 0 Å². The Morgan fingerprint density at radius 3 is 1.27 bits per heavy atom. The molecule has 0 spiro atoms. The van der Waals surface area contributed by atoms with Crippen LogP contribution in [-0.2, 0) is 19.1 Å². The van der Waals surface area contributed by atoms with E-state index in [0.29, 0.717) is 19.4 Å². The normalized spacial score (nSPS) is 12.7. The summed E-state index contributed by atoms with van der Waals surface area (Å²) in [7, 11) is 4.31. The van der Waals surface area contributed by atoms with Crippen molar-refractivity contribution in [3.05, 3.63) is 24.3 Å². The van der Waals surface area contributed by atoms with Gasteiger partial charge in [-0.2, -0.15) is 0 Å². The number of rotatable bonds is 37. The molecule has 49 heavy (non-hydrogen) atoms. The molecule has 0 aliphatic carbocycles. The van der Waals surface area contributed by atoms with E-state index < -0.39 is 6.10 Å². The molecule has 1 atom stereocenters. The molecular formula is C44H84NO4+. The van der Waals surface area contributed by atoms with Gasteiger partial charge in [0.2, 0.25) is 0 Å². The van der Waals surface area contributed by atoms with Crippen molar-refractivity contribution in [3.63, 3.8) is 0 Å². The first-order valence-corrected chi connectivity index (χ1v) is 21.3. The number of esters is 2. The van der Waals surface area contributed by atoms with E-state index in [2.05, 4.69) is 59.2 Å². The molecule has 0 bridgehead atoms. The lowest BCUT2D eigenvalue weighted by Crippen LogP contribution is -2.48. The summed E-state index contributed by atoms with van der Waals surface area (Å²) in [5, 5.41) is 0. The second-order valence-corrected chi connectivity index (χ2v) is 15.3. The maximum atomic E-state index is 12.7. The maximum Gasteiger partial charge on any atom is 0.306 e. The molecule has 0 aromatic heterocycles. The average molecular weight is 691 g/mol. The molecule has 0 N–H and O–H groups in total. The van der Waals surface area contributed by atoms with Crippen LogP contribution in [0.1, 0.15) is 207 Å². The molecule has 5 nitrogen and oxygen atoms in total. The van der Waals surface area contributed by atoms with Gasteiger partial charge in [-0.25, -0.2) is 0 Å². The van der Waals surface area contributed by atoms with Gasteiger partial charge in [-0.1, -0.05) is 148 Å². The number of carbonyl (C=O) groups excluding carboxylic acids is 2. The first-order chi connectivity index (χ1) is 23.8. The molecule has 288 valence electrons. The van der Waals surface area contributed by atoms with E-state index in [1.165, 1.54) is 128 Å². The number of unbranched alkanes of at least 4 members (excludes halogenated alkanes) is 22. The van der Waals surface area contributed by atoms with E-state index in [0.717, 1.165) is 56.0 Å². The predicted molar refractivity (Wildman–Crippen MR) is 212 cm³/mol. The van der Waals surface area contributed by atoms with Gasteiger partial charge in [-0.15, -0.1) is 0 Å². The van der Waals surface area contributed by atoms with Crippen LogP contribution in [0.25, 0.3) is 0 Å². The van der Waals surface area contributed by atoms with Gasteiger partial charge in [-0.3, -0.25) is 9.59 Å². The number of hydrogen-bond donors (Lipinski definition) is 0. The molecule has 0 heterocycles. The summed E-state index contributed by atoms with van der Waals surface area (Å²) in [4.78, 5) is 25.2. The molecule has 0 radical (unpaired) electrons. The largest absolute Gasteiger partial charge is 0.461 e. The highest BCUT2D eigenvalue weighted by Gasteiger charge is 2.26. The van der Waals surface area contributed by atoms with Gasteiger partial charge < -0.3 is 14.0 Å². The summed E-state index contributed by atoms with van der Waals surface area (Å²) in [6.07, 6.45) is 43.2. The summed E-state index contributed by atoms with van der Waals surface area (Å²) < 4.78 is 12.3. The zero-order chi connectivity index (χ0) is 36.1. The summed E-state index contributed by atoms with van der Waals surface area (Å²) in [5.74, 6) is -0.329. The van der Waals surface area contributed by atoms with Crippen molar-refractivity contribution in [2.24, 2.45) is 0 Å². The van der Waals surface area contributed by atoms with Crippen molar-refractivity contribution >= 4 is 11.9 Å². The summed E-state index contributed by atoms with van der Waals surface area (Å²) >= 11 is 0. The third-order valence-electron chi connectivity index (χ3n) is 9.54. The number of likely N-dealkylation sites (N-methyl/N-ethyl adjacent to an activating group) is 1. The highest BCUT2D eigenvalue weighted by molar-refractivity contribution is 5.70. The lowest BCUT2D eigenvalue weighted by molar-refractivity contribution is -0.893. The third kappa shape index (κ3) is 36.0. The fourth-order valence-corrected chi connectivity index (χ4v) is 6.55. The number of allylic oxidation sites excluding steroid dienone is 4. The highest BCUT2D eigenvalue weighted by Crippen LogP contribution is 2.14. The second-order valence-electron chi connectivity index (χ2n) is 15.3. The Kier molecular flexibility index (Phi) is 35.0. The summed E-state index contributed by atoms with van der Waals surface area (Å²) in [6.45, 7) is 8.52. The van der Waals surface area contributed by atoms with Crippen LogP contribution in [0.2, 0.25) is 0 Å². The van der Waals surface area contributed by atoms with E-state index in [1.807, 2.05) is 0 Å². The SMILES string of the molecule is CCCCCCCC/C=C/CCCCCCCC(=O)OCC(C[N+](C)(C)CCC)OC(=O)CCCCCCC/C=C/CCCCCCCC. The summed E-state index contributed by atoms with van der Waals surface area (Å²) in [6, 6.07) is 0. The lowest BCUT2D eigenvalue weighted by atomic mass is 10.1. The van der Waals surface area contributed by atoms with E-state index in [1.54, 1.807) is 0 Å². The Morgan fingerprint density at radius 1 is 0.490 bits per heavy atom. The molecule has 0 fully saturated rings. The zero-order valence-corrected chi connectivity index (χ0v) is 33.6. The highest BCUT2D eigenvalue weighted by atomic mass is 16.6. The molecule has 0 amide bonds. The standard InChI is InChI=1S/C44H84NO4/c1-6-9-11-13-15-17-19-21-23-25-27-29-31-33-35-37-43(46)48-41-42(40-45(4,5)39-8-3)49-44(47)38-36-34-32-30-28-26-24-22-20-18-16-14-12-10-7-2/h21-24,42H,6-20,25-41H2,1-5H3/q+1/b23-21+,24-22+. The first kappa shape index (κ1) is 47.4. The molecule has 0 saturated heterocycles. The Morgan fingerprint density at radius 2 is 0.857 bits per heavy atom. The van der Waals surface area contributed by atoms with E-state index in [9.17, 15) is 9.59 Å². The van der Waals surface area contributed by atoms with Gasteiger partial charge in [0.1, 0.15) is 13.2 Å². The second kappa shape index (κ2) is 36.2. The number of quaternary nitrogens is 1. The van der Waals surface area contributed by atoms with Crippen LogP contribution in [0, 0.1) is 0 Å². The molecule has 0 rings (SSSR count). The Bertz CT molecular complexity index is 790. The van der Waals surface area contributed by atoms with Gasteiger partial charge >= 0.3 is 11.9 Å². The fraction of sp³-hybridized carbons (Fsp3) is 0.864. The van der Waals surface area contributed by atoms with Gasteiger partial charge in [0, 0.05) is 12.8 Å². The van der Waals surface area contributed by atoms with Crippen LogP contribution >= 0.6 is 0 Å². The van der Waals surface area contributed by atoms with Crippen molar-refractivity contribution < 1.29 is 23.5 Å². The third-order valence-corrected chi connectivity index (χ3v) is 9.54. The van der Waals surface area contributed by atoms with E-state index in [4.69, 9.17) is 9.47 Å². The van der Waals surface area contributed by atoms with Gasteiger partial charge in [0.15, 0.2) is 6.10 Å². The molecule has 0 aliphatic rings. The van der Waals surface area contributed by atoms with Crippen LogP contribution in [0.3, 0.4) is 0 Å². The Hall–Kier alpha value is -1.62. The number of ether oxygens (including phenoxy) is 2. The average Bonchev–Trinajstić information content (AvgIpc) is 3.07. The lowest BCUT2D eigenvalue weighted by Gasteiger charge is -2.32. The van der Waals surface area contributed by atoms with Crippen molar-refractivity contribution in [2.45, 2.75) is 213 Å². The van der Waals surface area contributed by atoms with Crippen molar-refractivity contribution in [1.82, 2.24) is 0 Å². The topological polar surface area (TPSA) is 52.6 Å². The minimum absolute atomic E-state index is 0.160. The van der Waals surface area contributed by atoms with E-state index in [-0.39, 0.29) is 18.5 Å². The molecule has 0 aromatic rings. The van der Waals surface area contributed by atoms with Crippen molar-refractivity contribution in [1.29, 1.82) is 0 Å². The smallest absolute Gasteiger partial charge is 0.306 e. The molecule has 0 aromatic carbocycles. The minimum Gasteiger partial charge on any atom is -0.461 e. The zero-order valence-electron chi connectivity index (χ0n) is 33.6. The Balaban J connectivity index is 4.07.